The third-order valence-corrected chi connectivity index (χ3v) is 8.54. The van der Waals surface area contributed by atoms with Gasteiger partial charge in [0.05, 0.1) is 15.6 Å². The quantitative estimate of drug-likeness (QED) is 0.325. The highest BCUT2D eigenvalue weighted by Crippen LogP contribution is 2.33. The number of benzene rings is 3. The molecule has 0 bridgehead atoms. The molecule has 0 radical (unpaired) electrons. The Labute approximate surface area is 238 Å². The molecule has 0 fully saturated rings. The van der Waals surface area contributed by atoms with Crippen LogP contribution in [-0.2, 0) is 26.2 Å². The SMILES string of the molecule is CC[C@@H](C(=O)NC)N(Cc1ccc(Cl)cc1)C(=O)CN(c1cc(Cl)ccc1Cl)S(=O)(=O)c1ccc(C)cc1. The Balaban J connectivity index is 2.10. The van der Waals surface area contributed by atoms with Gasteiger partial charge in [0.25, 0.3) is 10.0 Å². The summed E-state index contributed by atoms with van der Waals surface area (Å²) in [4.78, 5) is 28.0. The van der Waals surface area contributed by atoms with Gasteiger partial charge in [0.2, 0.25) is 11.8 Å². The van der Waals surface area contributed by atoms with Crippen molar-refractivity contribution in [3.05, 3.63) is 92.9 Å². The lowest BCUT2D eigenvalue weighted by Gasteiger charge is -2.33. The van der Waals surface area contributed by atoms with E-state index in [-0.39, 0.29) is 33.1 Å². The van der Waals surface area contributed by atoms with E-state index in [0.29, 0.717) is 11.4 Å². The van der Waals surface area contributed by atoms with Crippen molar-refractivity contribution >= 4 is 62.3 Å². The number of hydrogen-bond donors (Lipinski definition) is 1. The topological polar surface area (TPSA) is 86.8 Å². The highest BCUT2D eigenvalue weighted by atomic mass is 35.5. The number of hydrogen-bond acceptors (Lipinski definition) is 4. The van der Waals surface area contributed by atoms with Crippen molar-refractivity contribution < 1.29 is 18.0 Å². The lowest BCUT2D eigenvalue weighted by molar-refractivity contribution is -0.140. The second-order valence-electron chi connectivity index (χ2n) is 8.61. The molecule has 7 nitrogen and oxygen atoms in total. The maximum Gasteiger partial charge on any atom is 0.264 e. The Kier molecular flexibility index (Phi) is 10.1. The first-order chi connectivity index (χ1) is 18.0. The van der Waals surface area contributed by atoms with Gasteiger partial charge in [0.15, 0.2) is 0 Å². The van der Waals surface area contributed by atoms with E-state index >= 15 is 0 Å². The van der Waals surface area contributed by atoms with E-state index in [1.54, 1.807) is 43.3 Å². The van der Waals surface area contributed by atoms with Crippen LogP contribution in [0, 0.1) is 6.92 Å². The molecule has 3 aromatic rings. The third-order valence-electron chi connectivity index (χ3n) is 5.96. The number of rotatable bonds is 10. The van der Waals surface area contributed by atoms with Crippen LogP contribution in [0.3, 0.4) is 0 Å². The lowest BCUT2D eigenvalue weighted by Crippen LogP contribution is -2.51. The van der Waals surface area contributed by atoms with E-state index in [4.69, 9.17) is 34.8 Å². The number of carbonyl (C=O) groups is 2. The molecule has 0 aromatic heterocycles. The van der Waals surface area contributed by atoms with Crippen molar-refractivity contribution in [2.75, 3.05) is 17.9 Å². The fourth-order valence-corrected chi connectivity index (χ4v) is 5.89. The second-order valence-corrected chi connectivity index (χ2v) is 11.7. The molecule has 11 heteroatoms. The number of halogens is 3. The Morgan fingerprint density at radius 2 is 1.53 bits per heavy atom. The average Bonchev–Trinajstić information content (AvgIpc) is 2.89. The van der Waals surface area contributed by atoms with E-state index in [2.05, 4.69) is 5.32 Å². The van der Waals surface area contributed by atoms with Crippen molar-refractivity contribution in [1.82, 2.24) is 10.2 Å². The summed E-state index contributed by atoms with van der Waals surface area (Å²) in [5.41, 5.74) is 1.64. The van der Waals surface area contributed by atoms with Gasteiger partial charge in [-0.2, -0.15) is 0 Å². The van der Waals surface area contributed by atoms with Gasteiger partial charge in [-0.3, -0.25) is 13.9 Å². The molecular weight excluding hydrogens is 569 g/mol. The molecule has 0 saturated heterocycles. The van der Waals surface area contributed by atoms with Gasteiger partial charge in [-0.15, -0.1) is 0 Å². The Hall–Kier alpha value is -2.78. The minimum atomic E-state index is -4.25. The summed E-state index contributed by atoms with van der Waals surface area (Å²) in [5.74, 6) is -0.967. The summed E-state index contributed by atoms with van der Waals surface area (Å²) in [5, 5.41) is 3.45. The Morgan fingerprint density at radius 1 is 0.921 bits per heavy atom. The normalized spacial score (nSPS) is 12.1. The van der Waals surface area contributed by atoms with Crippen LogP contribution >= 0.6 is 34.8 Å². The zero-order valence-electron chi connectivity index (χ0n) is 21.1. The van der Waals surface area contributed by atoms with Gasteiger partial charge in [-0.1, -0.05) is 71.6 Å². The van der Waals surface area contributed by atoms with E-state index in [1.165, 1.54) is 42.3 Å². The molecule has 1 N–H and O–H groups in total. The van der Waals surface area contributed by atoms with Crippen LogP contribution in [0.5, 0.6) is 0 Å². The van der Waals surface area contributed by atoms with Gasteiger partial charge in [-0.05, 0) is 61.4 Å². The van der Waals surface area contributed by atoms with E-state index < -0.39 is 28.5 Å². The summed E-state index contributed by atoms with van der Waals surface area (Å²) < 4.78 is 28.6. The van der Waals surface area contributed by atoms with Gasteiger partial charge in [0.1, 0.15) is 12.6 Å². The molecule has 38 heavy (non-hydrogen) atoms. The fraction of sp³-hybridized carbons (Fsp3) is 0.259. The Morgan fingerprint density at radius 3 is 2.11 bits per heavy atom. The number of anilines is 1. The minimum absolute atomic E-state index is 0.0189. The van der Waals surface area contributed by atoms with Gasteiger partial charge in [0, 0.05) is 23.6 Å². The number of carbonyl (C=O) groups excluding carboxylic acids is 2. The van der Waals surface area contributed by atoms with Gasteiger partial charge >= 0.3 is 0 Å². The summed E-state index contributed by atoms with van der Waals surface area (Å²) >= 11 is 18.6. The van der Waals surface area contributed by atoms with Crippen LogP contribution in [0.1, 0.15) is 24.5 Å². The molecule has 2 amide bonds. The minimum Gasteiger partial charge on any atom is -0.357 e. The van der Waals surface area contributed by atoms with E-state index in [0.717, 1.165) is 15.4 Å². The van der Waals surface area contributed by atoms with E-state index in [9.17, 15) is 18.0 Å². The highest BCUT2D eigenvalue weighted by molar-refractivity contribution is 7.92. The smallest absolute Gasteiger partial charge is 0.264 e. The first-order valence-electron chi connectivity index (χ1n) is 11.8. The number of aryl methyl sites for hydroxylation is 1. The van der Waals surface area contributed by atoms with Crippen molar-refractivity contribution in [3.8, 4) is 0 Å². The molecule has 202 valence electrons. The summed E-state index contributed by atoms with van der Waals surface area (Å²) in [7, 11) is -2.77. The van der Waals surface area contributed by atoms with Crippen LogP contribution in [0.4, 0.5) is 5.69 Å². The van der Waals surface area contributed by atoms with Crippen LogP contribution < -0.4 is 9.62 Å². The monoisotopic (exact) mass is 595 g/mol. The van der Waals surface area contributed by atoms with E-state index in [1.807, 2.05) is 6.92 Å². The molecule has 1 atom stereocenters. The van der Waals surface area contributed by atoms with Gasteiger partial charge in [-0.25, -0.2) is 8.42 Å². The maximum absolute atomic E-state index is 13.9. The zero-order chi connectivity index (χ0) is 28.0. The number of likely N-dealkylation sites (N-methyl/N-ethyl adjacent to an activating group) is 1. The standard InChI is InChI=1S/C27H28Cl3N3O4S/c1-4-24(27(35)31-3)32(16-19-7-9-20(28)10-8-19)26(34)17-33(25-15-21(29)11-14-23(25)30)38(36,37)22-12-5-18(2)6-13-22/h5-15,24H,4,16-17H2,1-3H3,(H,31,35)/t24-/m0/s1. The van der Waals surface area contributed by atoms with Crippen LogP contribution in [0.2, 0.25) is 15.1 Å². The molecular formula is C27H28Cl3N3O4S. The van der Waals surface area contributed by atoms with Crippen LogP contribution in [0.15, 0.2) is 71.6 Å². The molecule has 3 aromatic carbocycles. The largest absolute Gasteiger partial charge is 0.357 e. The molecule has 0 spiro atoms. The molecule has 3 rings (SSSR count). The predicted octanol–water partition coefficient (Wildman–Crippen LogP) is 5.70. The van der Waals surface area contributed by atoms with Crippen LogP contribution in [-0.4, -0.2) is 44.8 Å². The summed E-state index contributed by atoms with van der Waals surface area (Å²) in [6.07, 6.45) is 0.307. The number of sulfonamides is 1. The molecule has 0 unspecified atom stereocenters. The van der Waals surface area contributed by atoms with Crippen LogP contribution in [0.25, 0.3) is 0 Å². The fourth-order valence-electron chi connectivity index (χ4n) is 3.90. The lowest BCUT2D eigenvalue weighted by atomic mass is 10.1. The molecule has 0 aliphatic heterocycles. The van der Waals surface area contributed by atoms with Gasteiger partial charge < -0.3 is 10.2 Å². The molecule has 0 heterocycles. The number of nitrogens with zero attached hydrogens (tertiary/aromatic N) is 2. The zero-order valence-corrected chi connectivity index (χ0v) is 24.2. The third kappa shape index (κ3) is 6.99. The molecule has 0 saturated carbocycles. The predicted molar refractivity (Wildman–Crippen MR) is 152 cm³/mol. The van der Waals surface area contributed by atoms with Crippen molar-refractivity contribution in [1.29, 1.82) is 0 Å². The Bertz CT molecular complexity index is 1400. The second kappa shape index (κ2) is 12.8. The summed E-state index contributed by atoms with van der Waals surface area (Å²) in [6, 6.07) is 16.6. The molecule has 0 aliphatic carbocycles. The highest BCUT2D eigenvalue weighted by Gasteiger charge is 2.34. The first-order valence-corrected chi connectivity index (χ1v) is 14.3. The van der Waals surface area contributed by atoms with Crippen molar-refractivity contribution in [3.63, 3.8) is 0 Å². The van der Waals surface area contributed by atoms with Crippen molar-refractivity contribution in [2.45, 2.75) is 37.8 Å². The number of amides is 2. The average molecular weight is 597 g/mol. The maximum atomic E-state index is 13.9. The number of nitrogens with one attached hydrogen (secondary N) is 1. The molecule has 0 aliphatic rings. The summed E-state index contributed by atoms with van der Waals surface area (Å²) in [6.45, 7) is 3.06. The van der Waals surface area contributed by atoms with Crippen molar-refractivity contribution in [2.24, 2.45) is 0 Å². The first kappa shape index (κ1) is 29.8.